The number of carbonyl (C=O) groups excluding carboxylic acids is 14. The van der Waals surface area contributed by atoms with Gasteiger partial charge in [-0.1, -0.05) is 128 Å². The summed E-state index contributed by atoms with van der Waals surface area (Å²) in [5, 5.41) is 31.8. The van der Waals surface area contributed by atoms with Gasteiger partial charge in [0.2, 0.25) is 36.6 Å². The number of ketones is 1. The highest BCUT2D eigenvalue weighted by Crippen LogP contribution is 2.49. The fraction of sp³-hybridized carbons (Fsp3) is 0.455. The van der Waals surface area contributed by atoms with E-state index >= 15 is 0 Å². The molecule has 804 valence electrons. The van der Waals surface area contributed by atoms with Crippen molar-refractivity contribution in [3.8, 4) is 34.5 Å². The number of nitrogens with zero attached hydrogens (tertiary/aromatic N) is 3. The number of Topliss-reactive ketones (excluding diaryl/α,β-unsaturated/α-hetero) is 1. The molecule has 8 aromatic carbocycles. The number of fused-ring (bicyclic) bond motifs is 8. The van der Waals surface area contributed by atoms with Crippen LogP contribution in [0, 0.1) is 35.5 Å². The first kappa shape index (κ1) is 117. The Bertz CT molecular complexity index is 6330. The van der Waals surface area contributed by atoms with E-state index in [-0.39, 0.29) is 115 Å². The van der Waals surface area contributed by atoms with Gasteiger partial charge in [0.25, 0.3) is 5.91 Å². The first-order valence-electron chi connectivity index (χ1n) is 49.4. The Labute approximate surface area is 875 Å². The molecular formula is C112H133ClN6O31. The predicted molar refractivity (Wildman–Crippen MR) is 552 cm³/mol. The Kier molecular flexibility index (Phi) is 42.8. The third-order valence-electron chi connectivity index (χ3n) is 26.5. The number of aliphatic hydroxyl groups is 1. The SMILES string of the molecule is CC(=O)O[C@@H]1[C@@H](OC(C)=O)[C@H](Oc2cc(COc3cc4c(c5ccccc35)[C@H](CCl)CN4C(=O)C3=Cc4cc(OCCN(C)C)ccc4C3)ccc2NC(=O)[C@H](C)CC(=O)[C@@H](C)C(C)C)O[C@H](C)[C@H]1OC(C)=O.CC(=O)O[C@@H]1[C@@H](OC(C)=O)[C@H](Oc2cc(COc3cc4c(c5ccccc35)[C@H](CO)CN4)ccc2NC(=O)[C@H](C)[C@@H](C)C(C)C)O[C@H](C)[C@H]1OC(C)=O.CN(C)CCOc1ccc2c(c1)C=C(C(=O)O)C2.O=C=O.O=C=O. The van der Waals surface area contributed by atoms with Gasteiger partial charge in [0, 0.05) is 162 Å². The van der Waals surface area contributed by atoms with Crippen molar-refractivity contribution in [3.05, 3.63) is 189 Å². The lowest BCUT2D eigenvalue weighted by Crippen LogP contribution is -2.62. The zero-order valence-corrected chi connectivity index (χ0v) is 88.7. The van der Waals surface area contributed by atoms with Crippen LogP contribution in [0.4, 0.5) is 22.7 Å². The molecule has 2 fully saturated rings. The summed E-state index contributed by atoms with van der Waals surface area (Å²) >= 11 is 6.66. The van der Waals surface area contributed by atoms with Crippen LogP contribution >= 0.6 is 11.6 Å². The Hall–Kier alpha value is -14.4. The quantitative estimate of drug-likeness (QED) is 0.0136. The van der Waals surface area contributed by atoms with E-state index in [1.54, 1.807) is 68.1 Å². The van der Waals surface area contributed by atoms with E-state index in [9.17, 15) is 57.8 Å². The number of benzene rings is 8. The van der Waals surface area contributed by atoms with Gasteiger partial charge < -0.3 is 107 Å². The molecule has 0 saturated carbocycles. The second-order valence-corrected chi connectivity index (χ2v) is 39.1. The minimum Gasteiger partial charge on any atom is -0.492 e. The number of rotatable bonds is 38. The van der Waals surface area contributed by atoms with Gasteiger partial charge in [0.1, 0.15) is 66.7 Å². The second-order valence-electron chi connectivity index (χ2n) is 38.8. The Morgan fingerprint density at radius 3 is 1.33 bits per heavy atom. The number of likely N-dealkylation sites (N-methyl/N-ethyl adjacent to an activating group) is 2. The van der Waals surface area contributed by atoms with E-state index in [1.165, 1.54) is 27.7 Å². The van der Waals surface area contributed by atoms with Crippen LogP contribution in [0.1, 0.15) is 174 Å². The van der Waals surface area contributed by atoms with Crippen LogP contribution in [0.5, 0.6) is 34.5 Å². The van der Waals surface area contributed by atoms with Crippen LogP contribution in [-0.2, 0) is 136 Å². The van der Waals surface area contributed by atoms with E-state index in [0.29, 0.717) is 90.2 Å². The highest BCUT2D eigenvalue weighted by molar-refractivity contribution is 6.20. The molecule has 38 heteroatoms. The number of ether oxygens (including phenoxy) is 14. The Morgan fingerprint density at radius 1 is 0.487 bits per heavy atom. The normalized spacial score (nSPS) is 20.1. The number of amides is 3. The summed E-state index contributed by atoms with van der Waals surface area (Å²) in [6, 6.07) is 41.3. The molecule has 0 spiro atoms. The number of hydrogen-bond acceptors (Lipinski definition) is 33. The fourth-order valence-corrected chi connectivity index (χ4v) is 18.3. The Morgan fingerprint density at radius 2 is 0.907 bits per heavy atom. The molecule has 0 bridgehead atoms. The molecule has 0 unspecified atom stereocenters. The van der Waals surface area contributed by atoms with Crippen molar-refractivity contribution in [2.24, 2.45) is 35.5 Å². The van der Waals surface area contributed by atoms with Crippen molar-refractivity contribution in [2.45, 2.75) is 217 Å². The van der Waals surface area contributed by atoms with Crippen LogP contribution in [0.15, 0.2) is 145 Å². The van der Waals surface area contributed by atoms with Crippen LogP contribution in [0.3, 0.4) is 0 Å². The van der Waals surface area contributed by atoms with Gasteiger partial charge in [-0.15, -0.1) is 11.6 Å². The highest BCUT2D eigenvalue weighted by atomic mass is 35.5. The lowest BCUT2D eigenvalue weighted by molar-refractivity contribution is -0.280. The van der Waals surface area contributed by atoms with Crippen molar-refractivity contribution >= 4 is 146 Å². The molecule has 150 heavy (non-hydrogen) atoms. The van der Waals surface area contributed by atoms with Crippen LogP contribution < -0.4 is 49.3 Å². The number of carboxylic acids is 1. The van der Waals surface area contributed by atoms with Gasteiger partial charge in [-0.2, -0.15) is 19.2 Å². The number of hydrogen-bond donors (Lipinski definition) is 5. The largest absolute Gasteiger partial charge is 0.492 e. The van der Waals surface area contributed by atoms with Crippen LogP contribution in [0.2, 0.25) is 0 Å². The first-order chi connectivity index (χ1) is 71.3. The van der Waals surface area contributed by atoms with Gasteiger partial charge in [0.05, 0.1) is 35.9 Å². The molecule has 0 aromatic heterocycles. The van der Waals surface area contributed by atoms with Crippen molar-refractivity contribution < 1.29 is 148 Å². The molecule has 4 aliphatic heterocycles. The van der Waals surface area contributed by atoms with E-state index in [1.807, 2.05) is 166 Å². The second kappa shape index (κ2) is 54.7. The molecule has 2 aliphatic carbocycles. The molecule has 3 amide bonds. The summed E-state index contributed by atoms with van der Waals surface area (Å²) in [4.78, 5) is 178. The molecule has 0 radical (unpaired) electrons. The first-order valence-corrected chi connectivity index (χ1v) is 49.9. The monoisotopic (exact) mass is 2090 g/mol. The van der Waals surface area contributed by atoms with Gasteiger partial charge in [0.15, 0.2) is 24.4 Å². The lowest BCUT2D eigenvalue weighted by Gasteiger charge is -2.43. The highest BCUT2D eigenvalue weighted by Gasteiger charge is 2.54. The molecule has 16 atom stereocenters. The van der Waals surface area contributed by atoms with Gasteiger partial charge >= 0.3 is 54.1 Å². The molecular weight excluding hydrogens is 1960 g/mol. The molecule has 4 heterocycles. The summed E-state index contributed by atoms with van der Waals surface area (Å²) < 4.78 is 83.4. The third kappa shape index (κ3) is 31.1. The number of aliphatic hydroxyl groups excluding tert-OH is 1. The lowest BCUT2D eigenvalue weighted by atomic mass is 9.85. The van der Waals surface area contributed by atoms with E-state index in [2.05, 4.69) is 39.6 Å². The molecule has 37 nitrogen and oxygen atoms in total. The molecule has 8 aromatic rings. The number of esters is 6. The van der Waals surface area contributed by atoms with E-state index in [0.717, 1.165) is 99.0 Å². The van der Waals surface area contributed by atoms with Gasteiger partial charge in [-0.25, -0.2) is 4.79 Å². The number of alkyl halides is 1. The summed E-state index contributed by atoms with van der Waals surface area (Å²) in [7, 11) is 7.97. The average Bonchev–Trinajstić information content (AvgIpc) is 1.59. The smallest absolute Gasteiger partial charge is 0.373 e. The molecule has 5 N–H and O–H groups in total. The maximum atomic E-state index is 14.6. The van der Waals surface area contributed by atoms with Crippen molar-refractivity contribution in [1.29, 1.82) is 0 Å². The van der Waals surface area contributed by atoms with E-state index in [4.69, 9.17) is 102 Å². The Balaban J connectivity index is 0.000000258. The van der Waals surface area contributed by atoms with E-state index < -0.39 is 115 Å². The third-order valence-corrected chi connectivity index (χ3v) is 26.8. The van der Waals surface area contributed by atoms with Crippen LogP contribution in [0.25, 0.3) is 33.7 Å². The number of halogens is 1. The number of anilines is 4. The maximum Gasteiger partial charge on any atom is 0.373 e. The predicted octanol–water partition coefficient (Wildman–Crippen LogP) is 14.6. The molecule has 2 saturated heterocycles. The summed E-state index contributed by atoms with van der Waals surface area (Å²) in [6.07, 6.45) is -7.17. The van der Waals surface area contributed by atoms with Crippen LogP contribution in [-0.4, -0.2) is 239 Å². The number of carbonyl (C=O) groups is 11. The zero-order valence-electron chi connectivity index (χ0n) is 87.9. The van der Waals surface area contributed by atoms with Crippen molar-refractivity contribution in [1.82, 2.24) is 9.80 Å². The maximum absolute atomic E-state index is 14.6. The number of carboxylic acid groups (broad SMARTS) is 1. The van der Waals surface area contributed by atoms with Gasteiger partial charge in [-0.3, -0.25) is 47.9 Å². The van der Waals surface area contributed by atoms with Crippen molar-refractivity contribution in [3.63, 3.8) is 0 Å². The topological polar surface area (TPSA) is 472 Å². The standard InChI is InChI=1S/C56H66ClN3O13.C40H50N2O11.C14H17NO3.2CO2/c1-30(2)32(4)47(64)21-31(3)54(65)58-45-18-15-37(22-49(45)73-56-53(72-36(8)63)52(71-35(7)62)51(33(5)69-56)70-34(6)61)29-68-48-26-46-50(44-14-12-11-13-43(44)48)41(27-57)28-60(46)55(66)40-23-38-16-17-42(25-39(38)24-40)67-20-19-59(9)10;1-20(2)21(3)22(4)39(47)42-31-14-13-27(19-48-33-16-32-35(28(18-43)17-41-32)30-12-10-9-11-29(30)33)15-34(31)53-40-38(52-26(8)46)37(51-25(7)45)36(23(5)49-40)50-24(6)44;1-15(2)5-6-18-13-4-3-10-7-12(14(16)17)8-11(10)9-13;2*2-1-3/h11-18,22,24-26,30-33,41,51-53,56H,19-21,23,27-29H2,1-10H3,(H,58,65);9-16,20-23,28,36-38,40-41,43H,17-19H2,1-8H3,(H,42,47);3-4,8-9H,5-7H2,1-2H3,(H,16,17);;/t31-,32+,33-,41-,51-,52+,53-,56+;21-,22+,23+,28-,36+,37-,38+,40-;;;/m10.../s1. The summed E-state index contributed by atoms with van der Waals surface area (Å²) in [5.41, 5.74) is 10.4. The number of nitrogens with one attached hydrogen (secondary N) is 3. The minimum absolute atomic E-state index is 0.00903. The average molecular weight is 2090 g/mol. The van der Waals surface area contributed by atoms with Gasteiger partial charge in [-0.05, 0) is 176 Å². The number of aliphatic carboxylic acids is 1. The zero-order chi connectivity index (χ0) is 110. The fourth-order valence-electron chi connectivity index (χ4n) is 18.0. The molecule has 6 aliphatic rings. The summed E-state index contributed by atoms with van der Waals surface area (Å²) in [6.45, 7) is 29.6. The molecule has 14 rings (SSSR count). The summed E-state index contributed by atoms with van der Waals surface area (Å²) in [5.74, 6) is -3.78. The van der Waals surface area contributed by atoms with Crippen molar-refractivity contribution in [2.75, 3.05) is 101 Å². The minimum atomic E-state index is -1.46.